The van der Waals surface area contributed by atoms with E-state index in [2.05, 4.69) is 16.0 Å². The zero-order chi connectivity index (χ0) is 21.0. The molecule has 0 aliphatic carbocycles. The number of amides is 3. The lowest BCUT2D eigenvalue weighted by Gasteiger charge is -2.28. The molecule has 2 aromatic rings. The van der Waals surface area contributed by atoms with Crippen LogP contribution in [-0.4, -0.2) is 40.7 Å². The maximum atomic E-state index is 12.5. The molecule has 0 bridgehead atoms. The van der Waals surface area contributed by atoms with Gasteiger partial charge in [-0.15, -0.1) is 0 Å². The molecule has 0 fully saturated rings. The lowest BCUT2D eigenvalue weighted by atomic mass is 10.2. The summed E-state index contributed by atoms with van der Waals surface area (Å²) in [6.07, 6.45) is 1.85. The largest absolute Gasteiger partial charge is 0.482 e. The van der Waals surface area contributed by atoms with E-state index in [0.717, 1.165) is 12.8 Å². The van der Waals surface area contributed by atoms with Gasteiger partial charge in [-0.1, -0.05) is 37.1 Å². The molecule has 1 aromatic carbocycles. The summed E-state index contributed by atoms with van der Waals surface area (Å²) in [5.74, 6) is -0.958. The van der Waals surface area contributed by atoms with Gasteiger partial charge >= 0.3 is 0 Å². The molecule has 0 atom stereocenters. The smallest absolute Gasteiger partial charge is 0.274 e. The van der Waals surface area contributed by atoms with Crippen LogP contribution in [0.3, 0.4) is 0 Å². The van der Waals surface area contributed by atoms with Crippen molar-refractivity contribution in [3.05, 3.63) is 40.7 Å². The molecule has 1 aliphatic rings. The first kappa shape index (κ1) is 20.7. The van der Waals surface area contributed by atoms with Gasteiger partial charge in [0.05, 0.1) is 11.4 Å². The molecule has 29 heavy (non-hydrogen) atoms. The van der Waals surface area contributed by atoms with Crippen molar-refractivity contribution in [1.82, 2.24) is 20.6 Å². The van der Waals surface area contributed by atoms with Gasteiger partial charge in [0.25, 0.3) is 17.7 Å². The number of fused-ring (bicyclic) bond motifs is 1. The summed E-state index contributed by atoms with van der Waals surface area (Å²) < 4.78 is 6.91. The average molecular weight is 420 g/mol. The van der Waals surface area contributed by atoms with E-state index in [1.54, 1.807) is 35.9 Å². The summed E-state index contributed by atoms with van der Waals surface area (Å²) in [5, 5.41) is 4.49. The standard InChI is InChI=1S/C19H22ClN5O4/c1-3-4-9-25-18(20)17(12(2)23-25)19(28)22-21-15(26)10-24-13-7-5-6-8-14(13)29-11-16(24)27/h5-8H,3-4,9-11H2,1-2H3,(H,21,26)(H,22,28). The van der Waals surface area contributed by atoms with Gasteiger partial charge in [0, 0.05) is 6.54 Å². The SMILES string of the molecule is CCCCn1nc(C)c(C(=O)NNC(=O)CN2C(=O)COc3ccccc32)c1Cl. The van der Waals surface area contributed by atoms with E-state index in [1.165, 1.54) is 4.90 Å². The Balaban J connectivity index is 1.62. The highest BCUT2D eigenvalue weighted by Crippen LogP contribution is 2.31. The van der Waals surface area contributed by atoms with Gasteiger partial charge in [-0.25, -0.2) is 0 Å². The van der Waals surface area contributed by atoms with Gasteiger partial charge in [0.2, 0.25) is 0 Å². The van der Waals surface area contributed by atoms with Crippen molar-refractivity contribution in [2.75, 3.05) is 18.1 Å². The number of aromatic nitrogens is 2. The summed E-state index contributed by atoms with van der Waals surface area (Å²) in [7, 11) is 0. The molecule has 0 unspecified atom stereocenters. The number of anilines is 1. The second-order valence-corrected chi connectivity index (χ2v) is 6.92. The molecule has 0 radical (unpaired) electrons. The molecule has 1 aliphatic heterocycles. The number of para-hydroxylation sites is 2. The van der Waals surface area contributed by atoms with Crippen LogP contribution in [0.15, 0.2) is 24.3 Å². The van der Waals surface area contributed by atoms with Gasteiger partial charge in [-0.05, 0) is 25.5 Å². The quantitative estimate of drug-likeness (QED) is 0.695. The molecule has 3 amide bonds. The molecular weight excluding hydrogens is 398 g/mol. The predicted molar refractivity (Wildman–Crippen MR) is 107 cm³/mol. The van der Waals surface area contributed by atoms with E-state index in [-0.39, 0.29) is 29.8 Å². The first-order chi connectivity index (χ1) is 13.9. The molecule has 9 nitrogen and oxygen atoms in total. The van der Waals surface area contributed by atoms with Crippen LogP contribution < -0.4 is 20.5 Å². The molecule has 0 spiro atoms. The molecular formula is C19H22ClN5O4. The van der Waals surface area contributed by atoms with Crippen molar-refractivity contribution in [3.8, 4) is 5.75 Å². The Morgan fingerprint density at radius 1 is 1.28 bits per heavy atom. The van der Waals surface area contributed by atoms with E-state index in [0.29, 0.717) is 23.7 Å². The van der Waals surface area contributed by atoms with Crippen LogP contribution in [0.25, 0.3) is 0 Å². The fourth-order valence-electron chi connectivity index (χ4n) is 2.97. The summed E-state index contributed by atoms with van der Waals surface area (Å²) in [6, 6.07) is 6.93. The predicted octanol–water partition coefficient (Wildman–Crippen LogP) is 1.83. The number of rotatable bonds is 6. The van der Waals surface area contributed by atoms with Crippen molar-refractivity contribution in [2.45, 2.75) is 33.2 Å². The van der Waals surface area contributed by atoms with Crippen molar-refractivity contribution < 1.29 is 19.1 Å². The Hall–Kier alpha value is -3.07. The lowest BCUT2D eigenvalue weighted by Crippen LogP contribution is -2.49. The van der Waals surface area contributed by atoms with Gasteiger partial charge in [0.1, 0.15) is 23.0 Å². The number of ether oxygens (including phenoxy) is 1. The zero-order valence-electron chi connectivity index (χ0n) is 16.2. The van der Waals surface area contributed by atoms with E-state index in [4.69, 9.17) is 16.3 Å². The number of hydrazine groups is 1. The van der Waals surface area contributed by atoms with Gasteiger partial charge in [0.15, 0.2) is 6.61 Å². The number of nitrogens with zero attached hydrogens (tertiary/aromatic N) is 3. The van der Waals surface area contributed by atoms with Gasteiger partial charge in [-0.2, -0.15) is 5.10 Å². The highest BCUT2D eigenvalue weighted by atomic mass is 35.5. The normalized spacial score (nSPS) is 12.9. The number of unbranched alkanes of at least 4 members (excludes halogenated alkanes) is 1. The van der Waals surface area contributed by atoms with Crippen molar-refractivity contribution in [3.63, 3.8) is 0 Å². The minimum Gasteiger partial charge on any atom is -0.482 e. The van der Waals surface area contributed by atoms with Gasteiger partial charge in [-0.3, -0.25) is 34.8 Å². The van der Waals surface area contributed by atoms with Crippen LogP contribution in [0, 0.1) is 6.92 Å². The number of benzene rings is 1. The maximum absolute atomic E-state index is 12.5. The highest BCUT2D eigenvalue weighted by Gasteiger charge is 2.27. The first-order valence-electron chi connectivity index (χ1n) is 9.26. The van der Waals surface area contributed by atoms with E-state index < -0.39 is 11.8 Å². The van der Waals surface area contributed by atoms with Crippen LogP contribution in [0.2, 0.25) is 5.15 Å². The van der Waals surface area contributed by atoms with E-state index in [1.807, 2.05) is 6.92 Å². The minimum absolute atomic E-state index is 0.150. The number of hydrogen-bond acceptors (Lipinski definition) is 5. The second-order valence-electron chi connectivity index (χ2n) is 6.57. The van der Waals surface area contributed by atoms with Crippen LogP contribution in [0.1, 0.15) is 35.8 Å². The lowest BCUT2D eigenvalue weighted by molar-refractivity contribution is -0.125. The fourth-order valence-corrected chi connectivity index (χ4v) is 3.31. The molecule has 10 heteroatoms. The average Bonchev–Trinajstić information content (AvgIpc) is 3.00. The number of nitrogens with one attached hydrogen (secondary N) is 2. The molecule has 0 saturated carbocycles. The summed E-state index contributed by atoms with van der Waals surface area (Å²) >= 11 is 6.27. The first-order valence-corrected chi connectivity index (χ1v) is 9.64. The third kappa shape index (κ3) is 4.51. The highest BCUT2D eigenvalue weighted by molar-refractivity contribution is 6.33. The Morgan fingerprint density at radius 2 is 2.03 bits per heavy atom. The zero-order valence-corrected chi connectivity index (χ0v) is 17.0. The Kier molecular flexibility index (Phi) is 6.38. The van der Waals surface area contributed by atoms with Crippen LogP contribution >= 0.6 is 11.6 Å². The number of carbonyl (C=O) groups excluding carboxylic acids is 3. The van der Waals surface area contributed by atoms with Crippen molar-refractivity contribution >= 4 is 35.0 Å². The van der Waals surface area contributed by atoms with Crippen LogP contribution in [0.4, 0.5) is 5.69 Å². The second kappa shape index (κ2) is 8.95. The summed E-state index contributed by atoms with van der Waals surface area (Å²) in [5.41, 5.74) is 5.82. The number of hydrogen-bond donors (Lipinski definition) is 2. The minimum atomic E-state index is -0.572. The number of carbonyl (C=O) groups is 3. The third-order valence-electron chi connectivity index (χ3n) is 4.44. The molecule has 3 rings (SSSR count). The number of halogens is 1. The summed E-state index contributed by atoms with van der Waals surface area (Å²) in [4.78, 5) is 38.2. The topological polar surface area (TPSA) is 106 Å². The van der Waals surface area contributed by atoms with Crippen molar-refractivity contribution in [1.29, 1.82) is 0 Å². The van der Waals surface area contributed by atoms with Crippen LogP contribution in [0.5, 0.6) is 5.75 Å². The summed E-state index contributed by atoms with van der Waals surface area (Å²) in [6.45, 7) is 3.91. The molecule has 1 aromatic heterocycles. The molecule has 2 heterocycles. The maximum Gasteiger partial charge on any atom is 0.274 e. The fraction of sp³-hybridized carbons (Fsp3) is 0.368. The monoisotopic (exact) mass is 419 g/mol. The van der Waals surface area contributed by atoms with Crippen LogP contribution in [-0.2, 0) is 16.1 Å². The van der Waals surface area contributed by atoms with E-state index in [9.17, 15) is 14.4 Å². The number of aryl methyl sites for hydroxylation is 2. The third-order valence-corrected chi connectivity index (χ3v) is 4.83. The van der Waals surface area contributed by atoms with Gasteiger partial charge < -0.3 is 4.74 Å². The molecule has 0 saturated heterocycles. The van der Waals surface area contributed by atoms with E-state index >= 15 is 0 Å². The Bertz CT molecular complexity index is 943. The molecule has 154 valence electrons. The Labute approximate surface area is 172 Å². The Morgan fingerprint density at radius 3 is 2.79 bits per heavy atom. The van der Waals surface area contributed by atoms with Crippen molar-refractivity contribution in [2.24, 2.45) is 0 Å². The molecule has 2 N–H and O–H groups in total.